The van der Waals surface area contributed by atoms with Crippen LogP contribution in [0.5, 0.6) is 0 Å². The molecule has 0 aromatic rings. The Morgan fingerprint density at radius 2 is 2.09 bits per heavy atom. The summed E-state index contributed by atoms with van der Waals surface area (Å²) >= 11 is 0. The molecule has 1 unspecified atom stereocenters. The summed E-state index contributed by atoms with van der Waals surface area (Å²) in [4.78, 5) is 0. The van der Waals surface area contributed by atoms with Crippen molar-refractivity contribution in [1.82, 2.24) is 0 Å². The van der Waals surface area contributed by atoms with Gasteiger partial charge in [0.05, 0.1) is 6.61 Å². The molecule has 0 saturated carbocycles. The second-order valence-electron chi connectivity index (χ2n) is 3.55. The van der Waals surface area contributed by atoms with Crippen molar-refractivity contribution in [2.75, 3.05) is 20.3 Å². The van der Waals surface area contributed by atoms with Crippen LogP contribution < -0.4 is 5.73 Å². The van der Waals surface area contributed by atoms with E-state index in [2.05, 4.69) is 13.8 Å². The number of methoxy groups -OCH3 is 1. The van der Waals surface area contributed by atoms with Crippen LogP contribution in [0, 0.1) is 5.41 Å². The normalized spacial score (nSPS) is 16.4. The second-order valence-corrected chi connectivity index (χ2v) is 3.55. The first-order chi connectivity index (χ1) is 5.18. The molecule has 0 amide bonds. The van der Waals surface area contributed by atoms with Crippen LogP contribution in [-0.2, 0) is 4.74 Å². The highest BCUT2D eigenvalue weighted by Crippen LogP contribution is 2.22. The Hall–Kier alpha value is -0.0800. The second kappa shape index (κ2) is 5.56. The molecular weight excluding hydrogens is 138 g/mol. The fraction of sp³-hybridized carbons (Fsp3) is 1.00. The molecule has 0 rings (SSSR count). The van der Waals surface area contributed by atoms with E-state index < -0.39 is 0 Å². The van der Waals surface area contributed by atoms with E-state index in [0.29, 0.717) is 0 Å². The zero-order valence-electron chi connectivity index (χ0n) is 8.02. The quantitative estimate of drug-likeness (QED) is 0.641. The lowest BCUT2D eigenvalue weighted by molar-refractivity contribution is 0.0894. The van der Waals surface area contributed by atoms with Gasteiger partial charge in [0.1, 0.15) is 0 Å². The van der Waals surface area contributed by atoms with E-state index in [4.69, 9.17) is 10.5 Å². The van der Waals surface area contributed by atoms with E-state index in [9.17, 15) is 0 Å². The lowest BCUT2D eigenvalue weighted by Crippen LogP contribution is -2.31. The van der Waals surface area contributed by atoms with Crippen LogP contribution in [0.15, 0.2) is 0 Å². The monoisotopic (exact) mass is 159 g/mol. The molecule has 0 radical (unpaired) electrons. The predicted molar refractivity (Wildman–Crippen MR) is 48.6 cm³/mol. The summed E-state index contributed by atoms with van der Waals surface area (Å²) in [6, 6.07) is 0. The zero-order chi connectivity index (χ0) is 8.74. The van der Waals surface area contributed by atoms with Gasteiger partial charge in [0.25, 0.3) is 0 Å². The van der Waals surface area contributed by atoms with Crippen LogP contribution in [-0.4, -0.2) is 20.3 Å². The highest BCUT2D eigenvalue weighted by atomic mass is 16.5. The molecule has 68 valence electrons. The molecular formula is C9H21NO. The molecule has 0 saturated heterocycles. The van der Waals surface area contributed by atoms with E-state index in [1.165, 1.54) is 19.3 Å². The lowest BCUT2D eigenvalue weighted by Gasteiger charge is -2.26. The number of nitrogens with two attached hydrogens (primary N) is 1. The van der Waals surface area contributed by atoms with Crippen molar-refractivity contribution in [3.05, 3.63) is 0 Å². The minimum absolute atomic E-state index is 0.199. The standard InChI is InChI=1S/C9H21NO/c1-4-5-6-9(2,7-10)8-11-3/h4-8,10H2,1-3H3. The van der Waals surface area contributed by atoms with E-state index in [1.54, 1.807) is 7.11 Å². The van der Waals surface area contributed by atoms with Crippen molar-refractivity contribution in [3.63, 3.8) is 0 Å². The molecule has 0 aliphatic heterocycles. The molecule has 0 spiro atoms. The molecule has 2 heteroatoms. The first kappa shape index (κ1) is 10.9. The summed E-state index contributed by atoms with van der Waals surface area (Å²) in [6.07, 6.45) is 3.66. The van der Waals surface area contributed by atoms with Gasteiger partial charge in [0.2, 0.25) is 0 Å². The average Bonchev–Trinajstić information content (AvgIpc) is 2.02. The topological polar surface area (TPSA) is 35.2 Å². The first-order valence-electron chi connectivity index (χ1n) is 4.37. The summed E-state index contributed by atoms with van der Waals surface area (Å²) in [5, 5.41) is 0. The molecule has 1 atom stereocenters. The van der Waals surface area contributed by atoms with E-state index in [0.717, 1.165) is 13.2 Å². The Kier molecular flexibility index (Phi) is 5.51. The molecule has 0 aromatic carbocycles. The Balaban J connectivity index is 3.68. The Morgan fingerprint density at radius 1 is 1.45 bits per heavy atom. The molecule has 0 fully saturated rings. The molecule has 2 N–H and O–H groups in total. The summed E-state index contributed by atoms with van der Waals surface area (Å²) in [5.74, 6) is 0. The Bertz CT molecular complexity index is 95.6. The maximum Gasteiger partial charge on any atom is 0.0528 e. The summed E-state index contributed by atoms with van der Waals surface area (Å²) in [6.45, 7) is 5.89. The third-order valence-corrected chi connectivity index (χ3v) is 2.12. The van der Waals surface area contributed by atoms with Crippen molar-refractivity contribution < 1.29 is 4.74 Å². The lowest BCUT2D eigenvalue weighted by atomic mass is 9.86. The van der Waals surface area contributed by atoms with Crippen molar-refractivity contribution in [2.45, 2.75) is 33.1 Å². The SMILES string of the molecule is CCCCC(C)(CN)COC. The van der Waals surface area contributed by atoms with Crippen LogP contribution in [0.1, 0.15) is 33.1 Å². The van der Waals surface area contributed by atoms with Gasteiger partial charge in [-0.1, -0.05) is 26.7 Å². The van der Waals surface area contributed by atoms with E-state index >= 15 is 0 Å². The molecule has 0 aliphatic rings. The van der Waals surface area contributed by atoms with Crippen LogP contribution in [0.25, 0.3) is 0 Å². The summed E-state index contributed by atoms with van der Waals surface area (Å²) in [5.41, 5.74) is 5.85. The van der Waals surface area contributed by atoms with Crippen molar-refractivity contribution >= 4 is 0 Å². The van der Waals surface area contributed by atoms with Crippen molar-refractivity contribution in [1.29, 1.82) is 0 Å². The largest absolute Gasteiger partial charge is 0.384 e. The summed E-state index contributed by atoms with van der Waals surface area (Å²) in [7, 11) is 1.74. The minimum Gasteiger partial charge on any atom is -0.384 e. The molecule has 2 nitrogen and oxygen atoms in total. The maximum absolute atomic E-state index is 5.65. The molecule has 11 heavy (non-hydrogen) atoms. The maximum atomic E-state index is 5.65. The highest BCUT2D eigenvalue weighted by Gasteiger charge is 2.20. The highest BCUT2D eigenvalue weighted by molar-refractivity contribution is 4.74. The number of ether oxygens (including phenoxy) is 1. The zero-order valence-corrected chi connectivity index (χ0v) is 8.02. The van der Waals surface area contributed by atoms with Crippen molar-refractivity contribution in [2.24, 2.45) is 11.1 Å². The molecule has 0 aliphatic carbocycles. The fourth-order valence-electron chi connectivity index (χ4n) is 1.19. The average molecular weight is 159 g/mol. The van der Waals surface area contributed by atoms with Crippen molar-refractivity contribution in [3.8, 4) is 0 Å². The van der Waals surface area contributed by atoms with Crippen LogP contribution in [0.3, 0.4) is 0 Å². The number of hydrogen-bond donors (Lipinski definition) is 1. The van der Waals surface area contributed by atoms with E-state index in [-0.39, 0.29) is 5.41 Å². The van der Waals surface area contributed by atoms with Gasteiger partial charge >= 0.3 is 0 Å². The van der Waals surface area contributed by atoms with Gasteiger partial charge in [0.15, 0.2) is 0 Å². The number of rotatable bonds is 6. The van der Waals surface area contributed by atoms with E-state index in [1.807, 2.05) is 0 Å². The number of hydrogen-bond acceptors (Lipinski definition) is 2. The molecule has 0 aromatic heterocycles. The van der Waals surface area contributed by atoms with Crippen LogP contribution in [0.2, 0.25) is 0 Å². The third kappa shape index (κ3) is 4.38. The first-order valence-corrected chi connectivity index (χ1v) is 4.37. The van der Waals surface area contributed by atoms with Gasteiger partial charge < -0.3 is 10.5 Å². The minimum atomic E-state index is 0.199. The van der Waals surface area contributed by atoms with Gasteiger partial charge in [-0.2, -0.15) is 0 Å². The Morgan fingerprint density at radius 3 is 2.45 bits per heavy atom. The van der Waals surface area contributed by atoms with Gasteiger partial charge in [-0.05, 0) is 13.0 Å². The van der Waals surface area contributed by atoms with Crippen LogP contribution >= 0.6 is 0 Å². The Labute approximate surface area is 70.1 Å². The summed E-state index contributed by atoms with van der Waals surface area (Å²) < 4.78 is 5.11. The number of unbranched alkanes of at least 4 members (excludes halogenated alkanes) is 1. The third-order valence-electron chi connectivity index (χ3n) is 2.12. The molecule has 0 bridgehead atoms. The van der Waals surface area contributed by atoms with Gasteiger partial charge in [-0.25, -0.2) is 0 Å². The smallest absolute Gasteiger partial charge is 0.0528 e. The van der Waals surface area contributed by atoms with Gasteiger partial charge in [-0.15, -0.1) is 0 Å². The van der Waals surface area contributed by atoms with Gasteiger partial charge in [0, 0.05) is 12.5 Å². The molecule has 0 heterocycles. The van der Waals surface area contributed by atoms with Gasteiger partial charge in [-0.3, -0.25) is 0 Å². The van der Waals surface area contributed by atoms with Crippen LogP contribution in [0.4, 0.5) is 0 Å². The predicted octanol–water partition coefficient (Wildman–Crippen LogP) is 1.79. The fourth-order valence-corrected chi connectivity index (χ4v) is 1.19.